The molecule has 5 nitrogen and oxygen atoms in total. The molecule has 31 heavy (non-hydrogen) atoms. The molecule has 2 aromatic heterocycles. The molecular weight excluding hydrogens is 391 g/mol. The number of aromatic nitrogens is 3. The lowest BCUT2D eigenvalue weighted by molar-refractivity contribution is -0.118. The molecule has 1 aliphatic heterocycles. The Morgan fingerprint density at radius 1 is 0.935 bits per heavy atom. The first-order chi connectivity index (χ1) is 14.7. The molecule has 1 unspecified atom stereocenters. The number of amides is 1. The number of halogens is 1. The van der Waals surface area contributed by atoms with Gasteiger partial charge in [-0.1, -0.05) is 31.7 Å². The topological polar surface area (TPSA) is 59.0 Å². The normalized spacial score (nSPS) is 14.8. The summed E-state index contributed by atoms with van der Waals surface area (Å²) in [6, 6.07) is 17.8. The molecule has 1 amide bonds. The second kappa shape index (κ2) is 8.44. The van der Waals surface area contributed by atoms with E-state index in [9.17, 15) is 9.18 Å². The van der Waals surface area contributed by atoms with Gasteiger partial charge in [0, 0.05) is 18.6 Å². The van der Waals surface area contributed by atoms with Crippen LogP contribution in [0, 0.1) is 5.82 Å². The molecule has 154 valence electrons. The van der Waals surface area contributed by atoms with E-state index in [1.165, 1.54) is 18.5 Å². The highest BCUT2D eigenvalue weighted by molar-refractivity contribution is 6.10. The average Bonchev–Trinajstić information content (AvgIpc) is 3.06. The predicted octanol–water partition coefficient (Wildman–Crippen LogP) is 5.32. The molecule has 2 aromatic carbocycles. The Bertz CT molecular complexity index is 1200. The fourth-order valence-electron chi connectivity index (χ4n) is 3.86. The molecule has 1 atom stereocenters. The van der Waals surface area contributed by atoms with Crippen LogP contribution < -0.4 is 4.90 Å². The van der Waals surface area contributed by atoms with Crippen LogP contribution in [-0.4, -0.2) is 20.9 Å². The van der Waals surface area contributed by atoms with Crippen molar-refractivity contribution in [2.75, 3.05) is 4.90 Å². The third kappa shape index (κ3) is 3.80. The maximum Gasteiger partial charge on any atom is 0.240 e. The SMILES string of the molecule is C.O=C1C(Cc2cncnc2)c2cc(-c3ccc(F)cc3)ccc2N1c1ccccn1. The lowest BCUT2D eigenvalue weighted by atomic mass is 9.92. The lowest BCUT2D eigenvalue weighted by Crippen LogP contribution is -2.25. The van der Waals surface area contributed by atoms with E-state index in [4.69, 9.17) is 0 Å². The number of fused-ring (bicyclic) bond motifs is 1. The zero-order chi connectivity index (χ0) is 20.5. The van der Waals surface area contributed by atoms with Crippen LogP contribution in [-0.2, 0) is 11.2 Å². The highest BCUT2D eigenvalue weighted by atomic mass is 19.1. The van der Waals surface area contributed by atoms with Gasteiger partial charge in [-0.2, -0.15) is 0 Å². The minimum atomic E-state index is -0.381. The quantitative estimate of drug-likeness (QED) is 0.455. The fourth-order valence-corrected chi connectivity index (χ4v) is 3.86. The van der Waals surface area contributed by atoms with Crippen molar-refractivity contribution in [3.05, 3.63) is 103 Å². The second-order valence-corrected chi connectivity index (χ2v) is 7.15. The molecule has 0 saturated heterocycles. The van der Waals surface area contributed by atoms with Crippen molar-refractivity contribution in [3.63, 3.8) is 0 Å². The number of benzene rings is 2. The molecule has 5 rings (SSSR count). The largest absolute Gasteiger partial charge is 0.273 e. The third-order valence-corrected chi connectivity index (χ3v) is 5.27. The van der Waals surface area contributed by atoms with Gasteiger partial charge >= 0.3 is 0 Å². The monoisotopic (exact) mass is 412 g/mol. The van der Waals surface area contributed by atoms with Crippen LogP contribution in [0.15, 0.2) is 85.6 Å². The summed E-state index contributed by atoms with van der Waals surface area (Å²) < 4.78 is 13.3. The highest BCUT2D eigenvalue weighted by Gasteiger charge is 2.39. The number of hydrogen-bond donors (Lipinski definition) is 0. The van der Waals surface area contributed by atoms with Crippen LogP contribution in [0.5, 0.6) is 0 Å². The van der Waals surface area contributed by atoms with Gasteiger partial charge in [0.2, 0.25) is 5.91 Å². The Balaban J connectivity index is 0.00000231. The maximum absolute atomic E-state index is 13.5. The first-order valence-corrected chi connectivity index (χ1v) is 9.59. The molecule has 3 heterocycles. The molecule has 4 aromatic rings. The van der Waals surface area contributed by atoms with E-state index in [-0.39, 0.29) is 25.1 Å². The van der Waals surface area contributed by atoms with Gasteiger partial charge in [0.1, 0.15) is 18.0 Å². The van der Waals surface area contributed by atoms with Crippen molar-refractivity contribution in [1.29, 1.82) is 0 Å². The molecule has 0 saturated carbocycles. The van der Waals surface area contributed by atoms with Crippen molar-refractivity contribution < 1.29 is 9.18 Å². The van der Waals surface area contributed by atoms with Crippen LogP contribution in [0.2, 0.25) is 0 Å². The molecule has 0 fully saturated rings. The maximum atomic E-state index is 13.5. The smallest absolute Gasteiger partial charge is 0.240 e. The van der Waals surface area contributed by atoms with E-state index >= 15 is 0 Å². The Kier molecular flexibility index (Phi) is 5.54. The van der Waals surface area contributed by atoms with Crippen molar-refractivity contribution in [2.45, 2.75) is 19.8 Å². The van der Waals surface area contributed by atoms with Gasteiger partial charge in [0.15, 0.2) is 0 Å². The van der Waals surface area contributed by atoms with E-state index in [1.54, 1.807) is 35.6 Å². The Hall–Kier alpha value is -3.93. The van der Waals surface area contributed by atoms with Gasteiger partial charge in [-0.15, -0.1) is 0 Å². The van der Waals surface area contributed by atoms with Gasteiger partial charge in [-0.3, -0.25) is 9.69 Å². The van der Waals surface area contributed by atoms with E-state index in [0.29, 0.717) is 12.2 Å². The summed E-state index contributed by atoms with van der Waals surface area (Å²) in [6.45, 7) is 0. The second-order valence-electron chi connectivity index (χ2n) is 7.15. The Labute approximate surface area is 180 Å². The van der Waals surface area contributed by atoms with Crippen molar-refractivity contribution in [2.24, 2.45) is 0 Å². The van der Waals surface area contributed by atoms with Gasteiger partial charge in [0.05, 0.1) is 11.6 Å². The van der Waals surface area contributed by atoms with Gasteiger partial charge in [-0.05, 0) is 65.1 Å². The number of nitrogens with zero attached hydrogens (tertiary/aromatic N) is 4. The summed E-state index contributed by atoms with van der Waals surface area (Å²) in [6.07, 6.45) is 7.09. The average molecular weight is 412 g/mol. The predicted molar refractivity (Wildman–Crippen MR) is 118 cm³/mol. The molecule has 1 aliphatic rings. The standard InChI is InChI=1S/C24H17FN4O.CH4/c25-19-7-4-17(5-8-19)18-6-9-22-20(12-18)21(11-16-13-26-15-27-14-16)24(30)29(22)23-3-1-2-10-28-23;/h1-10,12-15,21H,11H2;1H4. The summed E-state index contributed by atoms with van der Waals surface area (Å²) in [5.74, 6) is -0.110. The minimum Gasteiger partial charge on any atom is -0.273 e. The van der Waals surface area contributed by atoms with Crippen LogP contribution >= 0.6 is 0 Å². The van der Waals surface area contributed by atoms with E-state index in [1.807, 2.05) is 36.4 Å². The first-order valence-electron chi connectivity index (χ1n) is 9.59. The number of anilines is 2. The zero-order valence-electron chi connectivity index (χ0n) is 15.9. The summed E-state index contributed by atoms with van der Waals surface area (Å²) >= 11 is 0. The van der Waals surface area contributed by atoms with Crippen LogP contribution in [0.25, 0.3) is 11.1 Å². The molecule has 0 bridgehead atoms. The van der Waals surface area contributed by atoms with Crippen molar-refractivity contribution >= 4 is 17.4 Å². The number of hydrogen-bond acceptors (Lipinski definition) is 4. The number of pyridine rings is 1. The highest BCUT2D eigenvalue weighted by Crippen LogP contribution is 2.44. The molecule has 0 radical (unpaired) electrons. The van der Waals surface area contributed by atoms with Crippen LogP contribution in [0.1, 0.15) is 24.5 Å². The van der Waals surface area contributed by atoms with E-state index in [0.717, 1.165) is 27.9 Å². The molecule has 6 heteroatoms. The van der Waals surface area contributed by atoms with Crippen LogP contribution in [0.3, 0.4) is 0 Å². The molecular formula is C25H21FN4O. The molecule has 0 spiro atoms. The Morgan fingerprint density at radius 2 is 1.68 bits per heavy atom. The minimum absolute atomic E-state index is 0. The first kappa shape index (κ1) is 20.3. The molecule has 0 N–H and O–H groups in total. The summed E-state index contributed by atoms with van der Waals surface area (Å²) in [5, 5.41) is 0. The molecule has 0 aliphatic carbocycles. The van der Waals surface area contributed by atoms with Crippen LogP contribution in [0.4, 0.5) is 15.9 Å². The summed E-state index contributed by atoms with van der Waals surface area (Å²) in [7, 11) is 0. The lowest BCUT2D eigenvalue weighted by Gasteiger charge is -2.17. The van der Waals surface area contributed by atoms with Gasteiger partial charge in [0.25, 0.3) is 0 Å². The number of carbonyl (C=O) groups is 1. The van der Waals surface area contributed by atoms with E-state index < -0.39 is 0 Å². The van der Waals surface area contributed by atoms with Crippen molar-refractivity contribution in [3.8, 4) is 11.1 Å². The Morgan fingerprint density at radius 3 is 2.39 bits per heavy atom. The van der Waals surface area contributed by atoms with Gasteiger partial charge < -0.3 is 0 Å². The van der Waals surface area contributed by atoms with Gasteiger partial charge in [-0.25, -0.2) is 19.3 Å². The zero-order valence-corrected chi connectivity index (χ0v) is 15.9. The van der Waals surface area contributed by atoms with E-state index in [2.05, 4.69) is 15.0 Å². The summed E-state index contributed by atoms with van der Waals surface area (Å²) in [5.41, 5.74) is 4.43. The van der Waals surface area contributed by atoms with Crippen molar-refractivity contribution in [1.82, 2.24) is 15.0 Å². The number of rotatable bonds is 4. The number of carbonyl (C=O) groups excluding carboxylic acids is 1. The third-order valence-electron chi connectivity index (χ3n) is 5.27. The summed E-state index contributed by atoms with van der Waals surface area (Å²) in [4.78, 5) is 27.6. The fraction of sp³-hybridized carbons (Fsp3) is 0.120.